The first-order valence-corrected chi connectivity index (χ1v) is 11.8. The van der Waals surface area contributed by atoms with Gasteiger partial charge in [-0.1, -0.05) is 57.9 Å². The third-order valence-electron chi connectivity index (χ3n) is 6.01. The Morgan fingerprint density at radius 1 is 0.818 bits per heavy atom. The van der Waals surface area contributed by atoms with Crippen molar-refractivity contribution in [2.24, 2.45) is 0 Å². The Morgan fingerprint density at radius 3 is 2.15 bits per heavy atom. The van der Waals surface area contributed by atoms with E-state index >= 15 is 0 Å². The molecule has 172 valence electrons. The van der Waals surface area contributed by atoms with Crippen LogP contribution in [0.5, 0.6) is 0 Å². The number of aromatic nitrogens is 2. The molecule has 1 aromatic heterocycles. The Labute approximate surface area is 196 Å². The molecule has 0 bridgehead atoms. The SMILES string of the molecule is CC(C)(C)c1ccc(NC(=O)Nc2cccc(-c3ccc(N4CCCCCC4)nn3)c2)cc1. The number of anilines is 3. The summed E-state index contributed by atoms with van der Waals surface area (Å²) in [5, 5.41) is 14.7. The second-order valence-electron chi connectivity index (χ2n) is 9.67. The summed E-state index contributed by atoms with van der Waals surface area (Å²) in [4.78, 5) is 14.8. The van der Waals surface area contributed by atoms with E-state index in [1.807, 2.05) is 60.7 Å². The first kappa shape index (κ1) is 22.8. The van der Waals surface area contributed by atoms with Gasteiger partial charge in [-0.25, -0.2) is 4.79 Å². The van der Waals surface area contributed by atoms with Crippen LogP contribution in [0.1, 0.15) is 52.0 Å². The van der Waals surface area contributed by atoms with E-state index in [-0.39, 0.29) is 11.4 Å². The average molecular weight is 444 g/mol. The summed E-state index contributed by atoms with van der Waals surface area (Å²) in [7, 11) is 0. The van der Waals surface area contributed by atoms with Crippen molar-refractivity contribution in [3.8, 4) is 11.3 Å². The van der Waals surface area contributed by atoms with Gasteiger partial charge in [0, 0.05) is 30.0 Å². The number of nitrogens with zero attached hydrogens (tertiary/aromatic N) is 3. The zero-order chi connectivity index (χ0) is 23.3. The van der Waals surface area contributed by atoms with Crippen molar-refractivity contribution in [2.75, 3.05) is 28.6 Å². The van der Waals surface area contributed by atoms with Gasteiger partial charge in [0.2, 0.25) is 0 Å². The molecule has 2 amide bonds. The maximum atomic E-state index is 12.5. The van der Waals surface area contributed by atoms with E-state index in [1.54, 1.807) is 0 Å². The number of benzene rings is 2. The lowest BCUT2D eigenvalue weighted by Crippen LogP contribution is -2.25. The number of urea groups is 1. The van der Waals surface area contributed by atoms with Crippen molar-refractivity contribution in [3.05, 3.63) is 66.2 Å². The Balaban J connectivity index is 1.39. The Morgan fingerprint density at radius 2 is 1.52 bits per heavy atom. The number of hydrogen-bond donors (Lipinski definition) is 2. The Bertz CT molecular complexity index is 1060. The van der Waals surface area contributed by atoms with Gasteiger partial charge >= 0.3 is 6.03 Å². The van der Waals surface area contributed by atoms with Gasteiger partial charge in [0.1, 0.15) is 0 Å². The van der Waals surface area contributed by atoms with Crippen LogP contribution in [-0.4, -0.2) is 29.3 Å². The molecule has 2 aromatic carbocycles. The van der Waals surface area contributed by atoms with E-state index in [0.717, 1.165) is 35.9 Å². The van der Waals surface area contributed by atoms with E-state index in [9.17, 15) is 4.79 Å². The minimum Gasteiger partial charge on any atom is -0.355 e. The van der Waals surface area contributed by atoms with Gasteiger partial charge in [-0.05, 0) is 60.2 Å². The smallest absolute Gasteiger partial charge is 0.323 e. The first-order valence-electron chi connectivity index (χ1n) is 11.8. The fourth-order valence-electron chi connectivity index (χ4n) is 4.05. The van der Waals surface area contributed by atoms with Gasteiger partial charge in [-0.3, -0.25) is 0 Å². The fraction of sp³-hybridized carbons (Fsp3) is 0.370. The number of nitrogens with one attached hydrogen (secondary N) is 2. The Kier molecular flexibility index (Phi) is 6.92. The van der Waals surface area contributed by atoms with Crippen LogP contribution >= 0.6 is 0 Å². The van der Waals surface area contributed by atoms with Crippen molar-refractivity contribution < 1.29 is 4.79 Å². The van der Waals surface area contributed by atoms with Gasteiger partial charge in [-0.2, -0.15) is 0 Å². The number of hydrogen-bond acceptors (Lipinski definition) is 4. The summed E-state index contributed by atoms with van der Waals surface area (Å²) in [6, 6.07) is 19.4. The number of rotatable bonds is 4. The lowest BCUT2D eigenvalue weighted by molar-refractivity contribution is 0.262. The second-order valence-corrected chi connectivity index (χ2v) is 9.67. The van der Waals surface area contributed by atoms with Crippen LogP contribution in [0.25, 0.3) is 11.3 Å². The fourth-order valence-corrected chi connectivity index (χ4v) is 4.05. The van der Waals surface area contributed by atoms with Crippen LogP contribution in [0.4, 0.5) is 22.0 Å². The zero-order valence-corrected chi connectivity index (χ0v) is 19.8. The predicted octanol–water partition coefficient (Wildman–Crippen LogP) is 6.47. The quantitative estimate of drug-likeness (QED) is 0.485. The van der Waals surface area contributed by atoms with Gasteiger partial charge in [0.05, 0.1) is 5.69 Å². The van der Waals surface area contributed by atoms with E-state index in [0.29, 0.717) is 5.69 Å². The monoisotopic (exact) mass is 443 g/mol. The molecule has 6 nitrogen and oxygen atoms in total. The molecule has 1 fully saturated rings. The van der Waals surface area contributed by atoms with Crippen LogP contribution in [0.2, 0.25) is 0 Å². The van der Waals surface area contributed by atoms with E-state index in [2.05, 4.69) is 46.5 Å². The van der Waals surface area contributed by atoms with Crippen LogP contribution in [0, 0.1) is 0 Å². The molecule has 1 aliphatic heterocycles. The predicted molar refractivity (Wildman–Crippen MR) is 136 cm³/mol. The second kappa shape index (κ2) is 10.0. The molecular formula is C27H33N5O. The maximum Gasteiger partial charge on any atom is 0.323 e. The van der Waals surface area contributed by atoms with Gasteiger partial charge in [0.15, 0.2) is 5.82 Å². The topological polar surface area (TPSA) is 70.2 Å². The van der Waals surface area contributed by atoms with Gasteiger partial charge < -0.3 is 15.5 Å². The largest absolute Gasteiger partial charge is 0.355 e. The summed E-state index contributed by atoms with van der Waals surface area (Å²) in [5.74, 6) is 0.937. The molecule has 4 rings (SSSR count). The molecule has 0 radical (unpaired) electrons. The minimum atomic E-state index is -0.279. The molecule has 0 unspecified atom stereocenters. The molecule has 2 N–H and O–H groups in total. The normalized spacial score (nSPS) is 14.5. The molecule has 2 heterocycles. The van der Waals surface area contributed by atoms with Gasteiger partial charge in [-0.15, -0.1) is 10.2 Å². The van der Waals surface area contributed by atoms with Crippen molar-refractivity contribution >= 4 is 23.2 Å². The number of amides is 2. The third-order valence-corrected chi connectivity index (χ3v) is 6.01. The Hall–Kier alpha value is -3.41. The summed E-state index contributed by atoms with van der Waals surface area (Å²) in [6.07, 6.45) is 5.00. The zero-order valence-electron chi connectivity index (χ0n) is 19.8. The van der Waals surface area contributed by atoms with E-state index in [4.69, 9.17) is 0 Å². The molecule has 0 saturated carbocycles. The molecule has 33 heavy (non-hydrogen) atoms. The van der Waals surface area contributed by atoms with E-state index in [1.165, 1.54) is 31.2 Å². The highest BCUT2D eigenvalue weighted by atomic mass is 16.2. The van der Waals surface area contributed by atoms with E-state index < -0.39 is 0 Å². The maximum absolute atomic E-state index is 12.5. The molecule has 0 spiro atoms. The molecule has 0 aliphatic carbocycles. The standard InChI is InChI=1S/C27H33N5O/c1-27(2,3)21-11-13-22(14-12-21)28-26(33)29-23-10-8-9-20(19-23)24-15-16-25(31-30-24)32-17-6-4-5-7-18-32/h8-16,19H,4-7,17-18H2,1-3H3,(H2,28,29,33). The van der Waals surface area contributed by atoms with Crippen molar-refractivity contribution in [2.45, 2.75) is 51.9 Å². The lowest BCUT2D eigenvalue weighted by Gasteiger charge is -2.20. The van der Waals surface area contributed by atoms with Crippen LogP contribution < -0.4 is 15.5 Å². The summed E-state index contributed by atoms with van der Waals surface area (Å²) in [6.45, 7) is 8.59. The van der Waals surface area contributed by atoms with Crippen molar-refractivity contribution in [3.63, 3.8) is 0 Å². The highest BCUT2D eigenvalue weighted by Crippen LogP contribution is 2.25. The molecule has 0 atom stereocenters. The molecule has 1 saturated heterocycles. The van der Waals surface area contributed by atoms with Gasteiger partial charge in [0.25, 0.3) is 0 Å². The first-order chi connectivity index (χ1) is 15.9. The highest BCUT2D eigenvalue weighted by Gasteiger charge is 2.14. The summed E-state index contributed by atoms with van der Waals surface area (Å²) in [5.41, 5.74) is 4.47. The van der Waals surface area contributed by atoms with Crippen molar-refractivity contribution in [1.82, 2.24) is 10.2 Å². The summed E-state index contributed by atoms with van der Waals surface area (Å²) >= 11 is 0. The molecular weight excluding hydrogens is 410 g/mol. The number of carbonyl (C=O) groups is 1. The number of carbonyl (C=O) groups excluding carboxylic acids is 1. The van der Waals surface area contributed by atoms with Crippen LogP contribution in [0.3, 0.4) is 0 Å². The highest BCUT2D eigenvalue weighted by molar-refractivity contribution is 6.00. The third kappa shape index (κ3) is 6.09. The summed E-state index contributed by atoms with van der Waals surface area (Å²) < 4.78 is 0. The van der Waals surface area contributed by atoms with Crippen LogP contribution in [0.15, 0.2) is 60.7 Å². The van der Waals surface area contributed by atoms with Crippen molar-refractivity contribution in [1.29, 1.82) is 0 Å². The van der Waals surface area contributed by atoms with Crippen LogP contribution in [-0.2, 0) is 5.41 Å². The molecule has 1 aliphatic rings. The average Bonchev–Trinajstić information content (AvgIpc) is 3.09. The molecule has 3 aromatic rings. The lowest BCUT2D eigenvalue weighted by atomic mass is 9.87. The minimum absolute atomic E-state index is 0.0788. The molecule has 6 heteroatoms.